The summed E-state index contributed by atoms with van der Waals surface area (Å²) >= 11 is 0. The SMILES string of the molecule is C.COCCN.COCCNC(=O)C=CC(=O)NC(=O)OC.O=C1C=CC(=O)N1C(=O)CO. The Kier molecular flexibility index (Phi) is 22.5. The molecule has 0 aromatic heterocycles. The van der Waals surface area contributed by atoms with Crippen LogP contribution in [-0.4, -0.2) is 99.9 Å². The summed E-state index contributed by atoms with van der Waals surface area (Å²) in [4.78, 5) is 64.9. The Morgan fingerprint density at radius 1 is 1.00 bits per heavy atom. The minimum absolute atomic E-state index is 0. The molecule has 1 aliphatic rings. The van der Waals surface area contributed by atoms with Crippen molar-refractivity contribution in [2.24, 2.45) is 5.73 Å². The van der Waals surface area contributed by atoms with E-state index in [0.717, 1.165) is 31.4 Å². The number of aliphatic hydroxyl groups is 1. The first-order valence-electron chi connectivity index (χ1n) is 8.90. The van der Waals surface area contributed by atoms with Crippen LogP contribution in [0.2, 0.25) is 0 Å². The van der Waals surface area contributed by atoms with Crippen LogP contribution in [0.1, 0.15) is 7.43 Å². The van der Waals surface area contributed by atoms with Crippen LogP contribution in [0.4, 0.5) is 4.79 Å². The van der Waals surface area contributed by atoms with Gasteiger partial charge in [0, 0.05) is 51.6 Å². The highest BCUT2D eigenvalue weighted by atomic mass is 16.5. The number of hydrogen-bond donors (Lipinski definition) is 4. The molecule has 0 aliphatic carbocycles. The van der Waals surface area contributed by atoms with Crippen LogP contribution >= 0.6 is 0 Å². The predicted molar refractivity (Wildman–Crippen MR) is 115 cm³/mol. The third kappa shape index (κ3) is 17.9. The fourth-order valence-electron chi connectivity index (χ4n) is 1.51. The van der Waals surface area contributed by atoms with Crippen LogP contribution < -0.4 is 16.4 Å². The summed E-state index contributed by atoms with van der Waals surface area (Å²) in [5, 5.41) is 12.6. The van der Waals surface area contributed by atoms with Crippen molar-refractivity contribution in [3.05, 3.63) is 24.3 Å². The molecule has 0 aromatic rings. The van der Waals surface area contributed by atoms with E-state index >= 15 is 0 Å². The number of carbonyl (C=O) groups is 6. The molecule has 1 aliphatic heterocycles. The molecule has 5 N–H and O–H groups in total. The fraction of sp³-hybridized carbons (Fsp3) is 0.474. The highest BCUT2D eigenvalue weighted by Crippen LogP contribution is 2.02. The Morgan fingerprint density at radius 3 is 1.91 bits per heavy atom. The van der Waals surface area contributed by atoms with Crippen molar-refractivity contribution >= 4 is 35.6 Å². The Balaban J connectivity index is -0.000000458. The maximum Gasteiger partial charge on any atom is 0.413 e. The number of hydrogen-bond acceptors (Lipinski definition) is 11. The van der Waals surface area contributed by atoms with Gasteiger partial charge in [-0.25, -0.2) is 9.69 Å². The number of imide groups is 4. The van der Waals surface area contributed by atoms with Gasteiger partial charge in [-0.05, 0) is 0 Å². The summed E-state index contributed by atoms with van der Waals surface area (Å²) in [5.41, 5.74) is 5.01. The van der Waals surface area contributed by atoms with Crippen LogP contribution in [0.3, 0.4) is 0 Å². The Bertz CT molecular complexity index is 687. The van der Waals surface area contributed by atoms with Gasteiger partial charge in [0.2, 0.25) is 5.91 Å². The van der Waals surface area contributed by atoms with E-state index in [0.29, 0.717) is 31.2 Å². The molecular formula is C19H32N4O10. The molecule has 0 saturated heterocycles. The highest BCUT2D eigenvalue weighted by Gasteiger charge is 2.28. The van der Waals surface area contributed by atoms with Gasteiger partial charge in [0.05, 0.1) is 20.3 Å². The Hall–Kier alpha value is -3.46. The monoisotopic (exact) mass is 476 g/mol. The molecular weight excluding hydrogens is 444 g/mol. The van der Waals surface area contributed by atoms with Gasteiger partial charge in [0.25, 0.3) is 23.6 Å². The summed E-state index contributed by atoms with van der Waals surface area (Å²) < 4.78 is 13.5. The molecule has 0 atom stereocenters. The van der Waals surface area contributed by atoms with Crippen LogP contribution in [-0.2, 0) is 38.2 Å². The first-order chi connectivity index (χ1) is 15.2. The molecule has 0 saturated carbocycles. The Labute approximate surface area is 191 Å². The zero-order chi connectivity index (χ0) is 24.9. The normalized spacial score (nSPS) is 11.5. The van der Waals surface area contributed by atoms with Crippen molar-refractivity contribution in [1.29, 1.82) is 0 Å². The van der Waals surface area contributed by atoms with Crippen molar-refractivity contribution in [3.8, 4) is 0 Å². The molecule has 14 heteroatoms. The lowest BCUT2D eigenvalue weighted by atomic mass is 10.4. The van der Waals surface area contributed by atoms with E-state index in [2.05, 4.69) is 14.8 Å². The summed E-state index contributed by atoms with van der Waals surface area (Å²) in [6.45, 7) is 1.18. The van der Waals surface area contributed by atoms with Gasteiger partial charge in [-0.2, -0.15) is 0 Å². The van der Waals surface area contributed by atoms with Gasteiger partial charge in [0.1, 0.15) is 6.61 Å². The average Bonchev–Trinajstić information content (AvgIpc) is 3.11. The Morgan fingerprint density at radius 2 is 1.52 bits per heavy atom. The number of rotatable bonds is 8. The van der Waals surface area contributed by atoms with Crippen molar-refractivity contribution in [1.82, 2.24) is 15.5 Å². The second-order valence-corrected chi connectivity index (χ2v) is 5.28. The number of nitrogens with two attached hydrogens (primary N) is 1. The number of aliphatic hydroxyl groups excluding tert-OH is 1. The van der Waals surface area contributed by atoms with E-state index in [-0.39, 0.29) is 7.43 Å². The number of carbonyl (C=O) groups excluding carboxylic acids is 6. The summed E-state index contributed by atoms with van der Waals surface area (Å²) in [6.07, 6.45) is 3.02. The number of amides is 6. The molecule has 0 aromatic carbocycles. The molecule has 0 fully saturated rings. The van der Waals surface area contributed by atoms with Crippen molar-refractivity contribution in [2.45, 2.75) is 7.43 Å². The van der Waals surface area contributed by atoms with Gasteiger partial charge in [0.15, 0.2) is 0 Å². The third-order valence-corrected chi connectivity index (χ3v) is 2.92. The van der Waals surface area contributed by atoms with E-state index in [1.54, 1.807) is 7.11 Å². The van der Waals surface area contributed by atoms with Gasteiger partial charge in [-0.1, -0.05) is 7.43 Å². The predicted octanol–water partition coefficient (Wildman–Crippen LogP) is -2.15. The minimum Gasteiger partial charge on any atom is -0.453 e. The van der Waals surface area contributed by atoms with Gasteiger partial charge in [-0.15, -0.1) is 0 Å². The molecule has 0 unspecified atom stereocenters. The second kappa shape index (κ2) is 21.8. The van der Waals surface area contributed by atoms with Crippen molar-refractivity contribution < 1.29 is 48.1 Å². The second-order valence-electron chi connectivity index (χ2n) is 5.28. The number of nitrogens with zero attached hydrogens (tertiary/aromatic N) is 1. The van der Waals surface area contributed by atoms with Gasteiger partial charge in [-0.3, -0.25) is 29.3 Å². The summed E-state index contributed by atoms with van der Waals surface area (Å²) in [7, 11) is 4.27. The molecule has 33 heavy (non-hydrogen) atoms. The summed E-state index contributed by atoms with van der Waals surface area (Å²) in [5.74, 6) is -3.47. The minimum atomic E-state index is -0.898. The molecule has 14 nitrogen and oxygen atoms in total. The lowest BCUT2D eigenvalue weighted by Crippen LogP contribution is -2.38. The quantitative estimate of drug-likeness (QED) is 0.169. The topological polar surface area (TPSA) is 204 Å². The van der Waals surface area contributed by atoms with Crippen LogP contribution in [0, 0.1) is 0 Å². The zero-order valence-electron chi connectivity index (χ0n) is 18.0. The van der Waals surface area contributed by atoms with Gasteiger partial charge >= 0.3 is 6.09 Å². The fourth-order valence-corrected chi connectivity index (χ4v) is 1.51. The van der Waals surface area contributed by atoms with E-state index in [9.17, 15) is 28.8 Å². The molecule has 0 spiro atoms. The van der Waals surface area contributed by atoms with Crippen molar-refractivity contribution in [2.75, 3.05) is 54.2 Å². The molecule has 0 radical (unpaired) electrons. The maximum absolute atomic E-state index is 11.0. The number of nitrogens with one attached hydrogen (secondary N) is 2. The molecule has 0 bridgehead atoms. The first-order valence-corrected chi connectivity index (χ1v) is 8.90. The number of ether oxygens (including phenoxy) is 3. The van der Waals surface area contributed by atoms with Crippen molar-refractivity contribution in [3.63, 3.8) is 0 Å². The zero-order valence-corrected chi connectivity index (χ0v) is 18.0. The number of methoxy groups -OCH3 is 3. The lowest BCUT2D eigenvalue weighted by molar-refractivity contribution is -0.149. The van der Waals surface area contributed by atoms with Crippen LogP contribution in [0.25, 0.3) is 0 Å². The van der Waals surface area contributed by atoms with E-state index < -0.39 is 42.2 Å². The average molecular weight is 476 g/mol. The van der Waals surface area contributed by atoms with E-state index in [1.165, 1.54) is 7.11 Å². The maximum atomic E-state index is 11.0. The van der Waals surface area contributed by atoms with Gasteiger partial charge < -0.3 is 30.4 Å². The molecule has 1 heterocycles. The van der Waals surface area contributed by atoms with Crippen LogP contribution in [0.5, 0.6) is 0 Å². The standard InChI is InChI=1S/C9H14N2O5.C6H5NO4.C3H9NO.CH4/c1-15-6-5-10-7(12)3-4-8(13)11-9(14)16-2;8-3-6(11)7-4(9)1-2-5(7)10;1-5-3-2-4;/h3-4H,5-6H2,1-2H3,(H,10,12)(H,11,13,14);1-2,8H,3H2;2-4H2,1H3;1H4. The highest BCUT2D eigenvalue weighted by molar-refractivity contribution is 6.22. The first kappa shape index (κ1) is 34.2. The van der Waals surface area contributed by atoms with Crippen LogP contribution in [0.15, 0.2) is 24.3 Å². The lowest BCUT2D eigenvalue weighted by Gasteiger charge is -2.08. The van der Waals surface area contributed by atoms with E-state index in [1.807, 2.05) is 5.32 Å². The third-order valence-electron chi connectivity index (χ3n) is 2.92. The molecule has 1 rings (SSSR count). The smallest absolute Gasteiger partial charge is 0.413 e. The molecule has 6 amide bonds. The number of alkyl carbamates (subject to hydrolysis) is 1. The van der Waals surface area contributed by atoms with E-state index in [4.69, 9.17) is 15.6 Å². The summed E-state index contributed by atoms with van der Waals surface area (Å²) in [6, 6.07) is 0. The molecule has 188 valence electrons. The largest absolute Gasteiger partial charge is 0.453 e.